The Hall–Kier alpha value is -2.68. The van der Waals surface area contributed by atoms with Crippen molar-refractivity contribution in [3.8, 4) is 11.8 Å². The predicted octanol–water partition coefficient (Wildman–Crippen LogP) is 0.982. The maximum absolute atomic E-state index is 13.6. The molecule has 0 atom stereocenters. The molecule has 1 aromatic heterocycles. The number of hydrogen-bond donors (Lipinski definition) is 1. The van der Waals surface area contributed by atoms with E-state index in [1.807, 2.05) is 6.07 Å². The molecule has 84 valence electrons. The molecule has 0 saturated carbocycles. The highest BCUT2D eigenvalue weighted by molar-refractivity contribution is 5.90. The molecule has 0 saturated heterocycles. The van der Waals surface area contributed by atoms with Crippen LogP contribution in [0.25, 0.3) is 5.69 Å². The molecule has 0 aliphatic carbocycles. The van der Waals surface area contributed by atoms with Crippen LogP contribution in [0.2, 0.25) is 0 Å². The Balaban J connectivity index is 2.46. The first-order chi connectivity index (χ1) is 8.11. The predicted molar refractivity (Wildman–Crippen MR) is 56.8 cm³/mol. The zero-order chi connectivity index (χ0) is 12.4. The molecule has 0 aliphatic heterocycles. The highest BCUT2D eigenvalue weighted by Gasteiger charge is 2.09. The number of nitrogens with zero attached hydrogens (tertiary/aromatic N) is 3. The number of amides is 1. The molecule has 1 amide bonds. The summed E-state index contributed by atoms with van der Waals surface area (Å²) in [5, 5.41) is 12.4. The number of carbonyl (C=O) groups is 1. The Morgan fingerprint density at radius 2 is 2.24 bits per heavy atom. The van der Waals surface area contributed by atoms with Crippen molar-refractivity contribution in [3.05, 3.63) is 47.5 Å². The fourth-order valence-corrected chi connectivity index (χ4v) is 1.35. The quantitative estimate of drug-likeness (QED) is 0.834. The highest BCUT2D eigenvalue weighted by Crippen LogP contribution is 2.14. The average Bonchev–Trinajstić information content (AvgIpc) is 2.78. The number of primary amides is 1. The standard InChI is InChI=1S/C11H7FN4O/c12-8-5-7(6-13)1-2-10(8)16-4-3-9(15-16)11(14)17/h1-5H,(H2,14,17). The van der Waals surface area contributed by atoms with Gasteiger partial charge < -0.3 is 5.73 Å². The Morgan fingerprint density at radius 3 is 2.76 bits per heavy atom. The molecule has 2 rings (SSSR count). The lowest BCUT2D eigenvalue weighted by Crippen LogP contribution is -2.12. The van der Waals surface area contributed by atoms with E-state index in [0.29, 0.717) is 0 Å². The number of carbonyl (C=O) groups excluding carboxylic acids is 1. The molecule has 0 bridgehead atoms. The number of aromatic nitrogens is 2. The molecule has 0 radical (unpaired) electrons. The van der Waals surface area contributed by atoms with Gasteiger partial charge in [-0.15, -0.1) is 0 Å². The van der Waals surface area contributed by atoms with E-state index in [0.717, 1.165) is 6.07 Å². The van der Waals surface area contributed by atoms with Gasteiger partial charge in [0.1, 0.15) is 17.2 Å². The van der Waals surface area contributed by atoms with Crippen molar-refractivity contribution in [2.75, 3.05) is 0 Å². The van der Waals surface area contributed by atoms with Crippen LogP contribution in [0.5, 0.6) is 0 Å². The van der Waals surface area contributed by atoms with Crippen LogP contribution in [-0.2, 0) is 0 Å². The summed E-state index contributed by atoms with van der Waals surface area (Å²) in [6, 6.07) is 7.18. The normalized spacial score (nSPS) is 9.88. The van der Waals surface area contributed by atoms with Crippen LogP contribution in [0.3, 0.4) is 0 Å². The second-order valence-electron chi connectivity index (χ2n) is 3.29. The van der Waals surface area contributed by atoms with E-state index in [9.17, 15) is 9.18 Å². The Bertz CT molecular complexity index is 627. The maximum atomic E-state index is 13.6. The third-order valence-electron chi connectivity index (χ3n) is 2.17. The van der Waals surface area contributed by atoms with Gasteiger partial charge in [-0.2, -0.15) is 10.4 Å². The second kappa shape index (κ2) is 4.06. The van der Waals surface area contributed by atoms with E-state index in [1.54, 1.807) is 0 Å². The van der Waals surface area contributed by atoms with E-state index in [-0.39, 0.29) is 16.9 Å². The van der Waals surface area contributed by atoms with Crippen LogP contribution < -0.4 is 5.73 Å². The number of hydrogen-bond acceptors (Lipinski definition) is 3. The first-order valence-corrected chi connectivity index (χ1v) is 4.67. The van der Waals surface area contributed by atoms with Gasteiger partial charge in [-0.3, -0.25) is 4.79 Å². The topological polar surface area (TPSA) is 84.7 Å². The number of rotatable bonds is 2. The summed E-state index contributed by atoms with van der Waals surface area (Å²) in [5.41, 5.74) is 5.45. The number of nitriles is 1. The number of nitrogens with two attached hydrogens (primary N) is 1. The molecule has 0 aliphatic rings. The molecule has 0 spiro atoms. The largest absolute Gasteiger partial charge is 0.364 e. The van der Waals surface area contributed by atoms with Gasteiger partial charge in [0.2, 0.25) is 0 Å². The van der Waals surface area contributed by atoms with Crippen molar-refractivity contribution in [2.45, 2.75) is 0 Å². The molecule has 0 fully saturated rings. The molecule has 1 heterocycles. The Labute approximate surface area is 95.9 Å². The molecular formula is C11H7FN4O. The molecule has 6 heteroatoms. The summed E-state index contributed by atoms with van der Waals surface area (Å²) in [6.45, 7) is 0. The van der Waals surface area contributed by atoms with Gasteiger partial charge in [0, 0.05) is 6.20 Å². The smallest absolute Gasteiger partial charge is 0.269 e. The summed E-state index contributed by atoms with van der Waals surface area (Å²) in [6.07, 6.45) is 1.42. The van der Waals surface area contributed by atoms with Crippen molar-refractivity contribution in [2.24, 2.45) is 5.73 Å². The van der Waals surface area contributed by atoms with Gasteiger partial charge in [0.05, 0.1) is 11.6 Å². The zero-order valence-corrected chi connectivity index (χ0v) is 8.59. The van der Waals surface area contributed by atoms with E-state index >= 15 is 0 Å². The van der Waals surface area contributed by atoms with Crippen molar-refractivity contribution < 1.29 is 9.18 Å². The van der Waals surface area contributed by atoms with Crippen molar-refractivity contribution in [1.82, 2.24) is 9.78 Å². The van der Waals surface area contributed by atoms with Gasteiger partial charge >= 0.3 is 0 Å². The maximum Gasteiger partial charge on any atom is 0.269 e. The average molecular weight is 230 g/mol. The van der Waals surface area contributed by atoms with Crippen molar-refractivity contribution in [3.63, 3.8) is 0 Å². The fraction of sp³-hybridized carbons (Fsp3) is 0. The van der Waals surface area contributed by atoms with Crippen LogP contribution in [0.1, 0.15) is 16.1 Å². The molecule has 1 aromatic carbocycles. The van der Waals surface area contributed by atoms with Crippen molar-refractivity contribution in [1.29, 1.82) is 5.26 Å². The van der Waals surface area contributed by atoms with Gasteiger partial charge in [-0.1, -0.05) is 0 Å². The van der Waals surface area contributed by atoms with Crippen LogP contribution >= 0.6 is 0 Å². The van der Waals surface area contributed by atoms with Crippen molar-refractivity contribution >= 4 is 5.91 Å². The number of benzene rings is 1. The van der Waals surface area contributed by atoms with Gasteiger partial charge in [0.15, 0.2) is 0 Å². The first-order valence-electron chi connectivity index (χ1n) is 4.67. The molecule has 5 nitrogen and oxygen atoms in total. The van der Waals surface area contributed by atoms with E-state index in [1.165, 1.54) is 29.1 Å². The van der Waals surface area contributed by atoms with Gasteiger partial charge in [0.25, 0.3) is 5.91 Å². The van der Waals surface area contributed by atoms with E-state index in [2.05, 4.69) is 5.10 Å². The van der Waals surface area contributed by atoms with E-state index < -0.39 is 11.7 Å². The van der Waals surface area contributed by atoms with Crippen LogP contribution in [0, 0.1) is 17.1 Å². The lowest BCUT2D eigenvalue weighted by molar-refractivity contribution is 0.0995. The van der Waals surface area contributed by atoms with Crippen LogP contribution in [0.15, 0.2) is 30.5 Å². The minimum Gasteiger partial charge on any atom is -0.364 e. The first kappa shape index (κ1) is 10.8. The SMILES string of the molecule is N#Cc1ccc(-n2ccc(C(N)=O)n2)c(F)c1. The zero-order valence-electron chi connectivity index (χ0n) is 8.59. The van der Waals surface area contributed by atoms with Crippen LogP contribution in [0.4, 0.5) is 4.39 Å². The van der Waals surface area contributed by atoms with Gasteiger partial charge in [-0.25, -0.2) is 9.07 Å². The summed E-state index contributed by atoms with van der Waals surface area (Å²) in [7, 11) is 0. The second-order valence-corrected chi connectivity index (χ2v) is 3.29. The fourth-order valence-electron chi connectivity index (χ4n) is 1.35. The lowest BCUT2D eigenvalue weighted by atomic mass is 10.2. The summed E-state index contributed by atoms with van der Waals surface area (Å²) in [4.78, 5) is 10.8. The minimum atomic E-state index is -0.683. The monoisotopic (exact) mass is 230 g/mol. The third-order valence-corrected chi connectivity index (χ3v) is 2.17. The van der Waals surface area contributed by atoms with Gasteiger partial charge in [-0.05, 0) is 24.3 Å². The van der Waals surface area contributed by atoms with E-state index in [4.69, 9.17) is 11.0 Å². The third kappa shape index (κ3) is 1.99. The minimum absolute atomic E-state index is 0.0498. The molecule has 2 aromatic rings. The lowest BCUT2D eigenvalue weighted by Gasteiger charge is -2.02. The summed E-state index contributed by atoms with van der Waals surface area (Å²) in [5.74, 6) is -1.28. The molecule has 0 unspecified atom stereocenters. The Morgan fingerprint density at radius 1 is 1.47 bits per heavy atom. The van der Waals surface area contributed by atoms with Crippen LogP contribution in [-0.4, -0.2) is 15.7 Å². The molecule has 17 heavy (non-hydrogen) atoms. The summed E-state index contributed by atoms with van der Waals surface area (Å²) >= 11 is 0. The highest BCUT2D eigenvalue weighted by atomic mass is 19.1. The summed E-state index contributed by atoms with van der Waals surface area (Å²) < 4.78 is 14.8. The molecular weight excluding hydrogens is 223 g/mol. The number of halogens is 1. The Kier molecular flexibility index (Phi) is 2.58. The molecule has 2 N–H and O–H groups in total.